The Balaban J connectivity index is 1.57. The zero-order valence-corrected chi connectivity index (χ0v) is 14.5. The van der Waals surface area contributed by atoms with Crippen LogP contribution in [0.2, 0.25) is 0 Å². The van der Waals surface area contributed by atoms with Crippen LogP contribution in [0, 0.1) is 13.8 Å². The summed E-state index contributed by atoms with van der Waals surface area (Å²) in [5.41, 5.74) is 3.41. The van der Waals surface area contributed by atoms with E-state index in [1.807, 2.05) is 53.6 Å². The largest absolute Gasteiger partial charge is 0.337 e. The van der Waals surface area contributed by atoms with Crippen LogP contribution >= 0.6 is 0 Å². The van der Waals surface area contributed by atoms with Gasteiger partial charge in [-0.2, -0.15) is 0 Å². The summed E-state index contributed by atoms with van der Waals surface area (Å²) in [5.74, 6) is 1.04. The van der Waals surface area contributed by atoms with Crippen molar-refractivity contribution in [2.24, 2.45) is 0 Å². The molecule has 0 unspecified atom stereocenters. The quantitative estimate of drug-likeness (QED) is 0.722. The second-order valence-electron chi connectivity index (χ2n) is 6.64. The van der Waals surface area contributed by atoms with Crippen LogP contribution < -0.4 is 0 Å². The highest BCUT2D eigenvalue weighted by atomic mass is 16.2. The third kappa shape index (κ3) is 2.99. The van der Waals surface area contributed by atoms with Crippen LogP contribution in [-0.4, -0.2) is 43.2 Å². The van der Waals surface area contributed by atoms with E-state index in [0.717, 1.165) is 42.2 Å². The summed E-state index contributed by atoms with van der Waals surface area (Å²) in [6, 6.07) is 7.85. The van der Waals surface area contributed by atoms with Gasteiger partial charge in [0.25, 0.3) is 5.91 Å². The molecule has 0 spiro atoms. The normalized spacial score (nSPS) is 17.8. The van der Waals surface area contributed by atoms with Crippen molar-refractivity contribution in [3.63, 3.8) is 0 Å². The Morgan fingerprint density at radius 2 is 2.08 bits per heavy atom. The highest BCUT2D eigenvalue weighted by Gasteiger charge is 2.27. The number of hydrogen-bond donors (Lipinski definition) is 0. The van der Waals surface area contributed by atoms with E-state index in [0.29, 0.717) is 12.2 Å². The summed E-state index contributed by atoms with van der Waals surface area (Å²) < 4.78 is 1.96. The lowest BCUT2D eigenvalue weighted by molar-refractivity contribution is 0.0700. The summed E-state index contributed by atoms with van der Waals surface area (Å²) in [5, 5.41) is 0. The zero-order chi connectivity index (χ0) is 17.4. The fraction of sp³-hybridized carbons (Fsp3) is 0.368. The van der Waals surface area contributed by atoms with Gasteiger partial charge in [0.15, 0.2) is 0 Å². The third-order valence-electron chi connectivity index (χ3n) is 4.84. The first-order chi connectivity index (χ1) is 12.1. The van der Waals surface area contributed by atoms with Gasteiger partial charge in [-0.1, -0.05) is 6.07 Å². The number of fused-ring (bicyclic) bond motifs is 1. The van der Waals surface area contributed by atoms with E-state index < -0.39 is 0 Å². The van der Waals surface area contributed by atoms with Gasteiger partial charge in [0.2, 0.25) is 0 Å². The molecular formula is C19H21N5O. The summed E-state index contributed by atoms with van der Waals surface area (Å²) in [6.45, 7) is 5.36. The lowest BCUT2D eigenvalue weighted by Gasteiger charge is -2.32. The molecule has 4 rings (SSSR count). The summed E-state index contributed by atoms with van der Waals surface area (Å²) in [4.78, 5) is 28.1. The molecule has 0 aliphatic carbocycles. The number of piperidine rings is 1. The predicted molar refractivity (Wildman–Crippen MR) is 94.6 cm³/mol. The van der Waals surface area contributed by atoms with Crippen LogP contribution in [0.4, 0.5) is 0 Å². The Morgan fingerprint density at radius 1 is 1.20 bits per heavy atom. The lowest BCUT2D eigenvalue weighted by atomic mass is 9.94. The Kier molecular flexibility index (Phi) is 3.95. The molecule has 0 aromatic carbocycles. The number of aromatic nitrogens is 4. The van der Waals surface area contributed by atoms with Gasteiger partial charge in [-0.15, -0.1) is 0 Å². The summed E-state index contributed by atoms with van der Waals surface area (Å²) >= 11 is 0. The van der Waals surface area contributed by atoms with Crippen molar-refractivity contribution in [1.29, 1.82) is 0 Å². The summed E-state index contributed by atoms with van der Waals surface area (Å²) in [6.07, 6.45) is 5.66. The first-order valence-corrected chi connectivity index (χ1v) is 8.65. The van der Waals surface area contributed by atoms with Crippen molar-refractivity contribution < 1.29 is 4.79 Å². The van der Waals surface area contributed by atoms with Gasteiger partial charge >= 0.3 is 0 Å². The fourth-order valence-corrected chi connectivity index (χ4v) is 3.52. The van der Waals surface area contributed by atoms with E-state index in [4.69, 9.17) is 0 Å². The van der Waals surface area contributed by atoms with Crippen molar-refractivity contribution in [2.75, 3.05) is 13.1 Å². The predicted octanol–water partition coefficient (Wildman–Crippen LogP) is 2.76. The van der Waals surface area contributed by atoms with E-state index in [9.17, 15) is 4.79 Å². The Morgan fingerprint density at radius 3 is 2.88 bits per heavy atom. The minimum atomic E-state index is -0.00132. The number of likely N-dealkylation sites (tertiary alicyclic amines) is 1. The number of rotatable bonds is 2. The number of amides is 1. The average Bonchev–Trinajstić information content (AvgIpc) is 3.07. The number of pyridine rings is 1. The van der Waals surface area contributed by atoms with E-state index >= 15 is 0 Å². The molecule has 0 N–H and O–H groups in total. The smallest absolute Gasteiger partial charge is 0.274 e. The molecule has 1 saturated heterocycles. The zero-order valence-electron chi connectivity index (χ0n) is 14.5. The van der Waals surface area contributed by atoms with Crippen LogP contribution in [0.5, 0.6) is 0 Å². The van der Waals surface area contributed by atoms with Crippen LogP contribution in [0.3, 0.4) is 0 Å². The first-order valence-electron chi connectivity index (χ1n) is 8.65. The maximum atomic E-state index is 12.9. The van der Waals surface area contributed by atoms with E-state index in [1.54, 1.807) is 6.20 Å². The fourth-order valence-electron chi connectivity index (χ4n) is 3.52. The topological polar surface area (TPSA) is 63.4 Å². The SMILES string of the molecule is Cc1nccc([C@@H]2CCCN(C(=O)c3cn4c(C)cccc4n3)C2)n1. The molecule has 3 aromatic rings. The van der Waals surface area contributed by atoms with Crippen molar-refractivity contribution in [3.8, 4) is 0 Å². The molecule has 25 heavy (non-hydrogen) atoms. The second-order valence-corrected chi connectivity index (χ2v) is 6.64. The molecule has 1 aliphatic rings. The molecule has 1 fully saturated rings. The maximum Gasteiger partial charge on any atom is 0.274 e. The van der Waals surface area contributed by atoms with Gasteiger partial charge in [-0.3, -0.25) is 4.79 Å². The Bertz CT molecular complexity index is 932. The number of nitrogens with zero attached hydrogens (tertiary/aromatic N) is 5. The first kappa shape index (κ1) is 15.7. The van der Waals surface area contributed by atoms with Crippen LogP contribution in [0.15, 0.2) is 36.7 Å². The molecule has 1 atom stereocenters. The lowest BCUT2D eigenvalue weighted by Crippen LogP contribution is -2.39. The van der Waals surface area contributed by atoms with Gasteiger partial charge in [0.1, 0.15) is 17.2 Å². The highest BCUT2D eigenvalue weighted by Crippen LogP contribution is 2.26. The van der Waals surface area contributed by atoms with Gasteiger partial charge < -0.3 is 9.30 Å². The highest BCUT2D eigenvalue weighted by molar-refractivity contribution is 5.93. The molecular weight excluding hydrogens is 314 g/mol. The maximum absolute atomic E-state index is 12.9. The van der Waals surface area contributed by atoms with Crippen LogP contribution in [-0.2, 0) is 0 Å². The Hall–Kier alpha value is -2.76. The molecule has 1 amide bonds. The van der Waals surface area contributed by atoms with Gasteiger partial charge in [0, 0.05) is 42.8 Å². The number of imidazole rings is 1. The molecule has 0 saturated carbocycles. The number of aryl methyl sites for hydroxylation is 2. The minimum absolute atomic E-state index is 0.00132. The van der Waals surface area contributed by atoms with Gasteiger partial charge in [-0.05, 0) is 44.9 Å². The number of hydrogen-bond acceptors (Lipinski definition) is 4. The Labute approximate surface area is 146 Å². The van der Waals surface area contributed by atoms with Gasteiger partial charge in [-0.25, -0.2) is 15.0 Å². The monoisotopic (exact) mass is 335 g/mol. The standard InChI is InChI=1S/C19H21N5O/c1-13-5-3-7-18-22-17(12-24(13)18)19(25)23-10-4-6-15(11-23)16-8-9-20-14(2)21-16/h3,5,7-9,12,15H,4,6,10-11H2,1-2H3/t15-/m1/s1. The number of carbonyl (C=O) groups excluding carboxylic acids is 1. The molecule has 6 heteroatoms. The molecule has 0 radical (unpaired) electrons. The molecule has 128 valence electrons. The van der Waals surface area contributed by atoms with Crippen molar-refractivity contribution in [1.82, 2.24) is 24.3 Å². The molecule has 3 aromatic heterocycles. The van der Waals surface area contributed by atoms with Crippen molar-refractivity contribution >= 4 is 11.6 Å². The molecule has 1 aliphatic heterocycles. The number of carbonyl (C=O) groups is 1. The molecule has 0 bridgehead atoms. The van der Waals surface area contributed by atoms with E-state index in [2.05, 4.69) is 15.0 Å². The molecule has 6 nitrogen and oxygen atoms in total. The van der Waals surface area contributed by atoms with Gasteiger partial charge in [0.05, 0.1) is 0 Å². The minimum Gasteiger partial charge on any atom is -0.337 e. The summed E-state index contributed by atoms with van der Waals surface area (Å²) in [7, 11) is 0. The van der Waals surface area contributed by atoms with Crippen LogP contribution in [0.1, 0.15) is 46.5 Å². The van der Waals surface area contributed by atoms with Crippen molar-refractivity contribution in [3.05, 3.63) is 59.6 Å². The van der Waals surface area contributed by atoms with E-state index in [-0.39, 0.29) is 11.8 Å². The van der Waals surface area contributed by atoms with E-state index in [1.165, 1.54) is 0 Å². The average molecular weight is 335 g/mol. The molecule has 4 heterocycles. The van der Waals surface area contributed by atoms with Crippen molar-refractivity contribution in [2.45, 2.75) is 32.6 Å². The second kappa shape index (κ2) is 6.27. The van der Waals surface area contributed by atoms with Crippen LogP contribution in [0.25, 0.3) is 5.65 Å². The third-order valence-corrected chi connectivity index (χ3v) is 4.84.